The predicted molar refractivity (Wildman–Crippen MR) is 69.0 cm³/mol. The Bertz CT molecular complexity index is 354. The average Bonchev–Trinajstić information content (AvgIpc) is 2.33. The van der Waals surface area contributed by atoms with E-state index in [9.17, 15) is 0 Å². The molecule has 1 fully saturated rings. The molecule has 1 aromatic rings. The summed E-state index contributed by atoms with van der Waals surface area (Å²) >= 11 is 0. The highest BCUT2D eigenvalue weighted by Gasteiger charge is 2.22. The Balaban J connectivity index is 1.99. The Morgan fingerprint density at radius 1 is 1.41 bits per heavy atom. The van der Waals surface area contributed by atoms with E-state index in [1.165, 1.54) is 25.7 Å². The number of nitrogens with one attached hydrogen (secondary N) is 1. The number of ether oxygens (including phenoxy) is 1. The summed E-state index contributed by atoms with van der Waals surface area (Å²) in [6.45, 7) is 3.08. The molecule has 1 heterocycles. The van der Waals surface area contributed by atoms with E-state index in [4.69, 9.17) is 4.74 Å². The largest absolute Gasteiger partial charge is 0.490 e. The molecule has 1 aromatic heterocycles. The summed E-state index contributed by atoms with van der Waals surface area (Å²) < 4.78 is 6.09. The molecule has 0 amide bonds. The van der Waals surface area contributed by atoms with Gasteiger partial charge < -0.3 is 10.1 Å². The molecule has 0 saturated heterocycles. The minimum atomic E-state index is 0.383. The molecular weight excluding hydrogens is 212 g/mol. The van der Waals surface area contributed by atoms with Gasteiger partial charge in [0.2, 0.25) is 0 Å². The van der Waals surface area contributed by atoms with E-state index >= 15 is 0 Å². The first kappa shape index (κ1) is 12.4. The van der Waals surface area contributed by atoms with Gasteiger partial charge in [-0.2, -0.15) is 0 Å². The molecule has 3 nitrogen and oxygen atoms in total. The Morgan fingerprint density at radius 2 is 2.24 bits per heavy atom. The quantitative estimate of drug-likeness (QED) is 0.870. The van der Waals surface area contributed by atoms with Crippen molar-refractivity contribution in [2.75, 3.05) is 7.05 Å². The van der Waals surface area contributed by atoms with Crippen LogP contribution in [0.3, 0.4) is 0 Å². The van der Waals surface area contributed by atoms with Crippen molar-refractivity contribution in [2.24, 2.45) is 5.92 Å². The van der Waals surface area contributed by atoms with Gasteiger partial charge in [0.25, 0.3) is 0 Å². The van der Waals surface area contributed by atoms with Gasteiger partial charge in [0.1, 0.15) is 11.9 Å². The molecule has 1 aliphatic carbocycles. The normalized spacial score (nSPS) is 24.6. The molecule has 0 spiro atoms. The Kier molecular flexibility index (Phi) is 4.37. The summed E-state index contributed by atoms with van der Waals surface area (Å²) in [6.07, 6.45) is 7.33. The second-order valence-corrected chi connectivity index (χ2v) is 4.93. The van der Waals surface area contributed by atoms with Gasteiger partial charge in [-0.05, 0) is 38.3 Å². The zero-order chi connectivity index (χ0) is 12.1. The lowest BCUT2D eigenvalue weighted by molar-refractivity contribution is 0.102. The Labute approximate surface area is 104 Å². The van der Waals surface area contributed by atoms with Crippen LogP contribution in [0, 0.1) is 5.92 Å². The van der Waals surface area contributed by atoms with Crippen molar-refractivity contribution in [2.45, 2.75) is 45.3 Å². The molecule has 94 valence electrons. The zero-order valence-corrected chi connectivity index (χ0v) is 10.8. The van der Waals surface area contributed by atoms with Crippen molar-refractivity contribution < 1.29 is 4.74 Å². The molecule has 1 aliphatic rings. The lowest BCUT2D eigenvalue weighted by atomic mass is 9.88. The first-order valence-corrected chi connectivity index (χ1v) is 6.56. The van der Waals surface area contributed by atoms with Gasteiger partial charge in [0.15, 0.2) is 0 Å². The van der Waals surface area contributed by atoms with Crippen molar-refractivity contribution in [3.63, 3.8) is 0 Å². The number of hydrogen-bond donors (Lipinski definition) is 1. The van der Waals surface area contributed by atoms with Crippen LogP contribution in [-0.4, -0.2) is 18.1 Å². The molecule has 0 aliphatic heterocycles. The standard InChI is InChI=1S/C14H22N2O/c1-11-5-3-4-6-14(11)17-13-7-8-16-12(9-13)10-15-2/h7-9,11,14-15H,3-6,10H2,1-2H3. The van der Waals surface area contributed by atoms with Crippen molar-refractivity contribution >= 4 is 0 Å². The highest BCUT2D eigenvalue weighted by molar-refractivity contribution is 5.23. The van der Waals surface area contributed by atoms with Gasteiger partial charge in [-0.3, -0.25) is 4.98 Å². The van der Waals surface area contributed by atoms with Crippen molar-refractivity contribution in [1.82, 2.24) is 10.3 Å². The number of rotatable bonds is 4. The van der Waals surface area contributed by atoms with Crippen LogP contribution in [0.25, 0.3) is 0 Å². The molecule has 0 bridgehead atoms. The van der Waals surface area contributed by atoms with Crippen LogP contribution in [0.2, 0.25) is 0 Å². The average molecular weight is 234 g/mol. The molecular formula is C14H22N2O. The van der Waals surface area contributed by atoms with Gasteiger partial charge in [0, 0.05) is 18.8 Å². The van der Waals surface area contributed by atoms with Crippen LogP contribution in [0.5, 0.6) is 5.75 Å². The van der Waals surface area contributed by atoms with E-state index in [2.05, 4.69) is 17.2 Å². The topological polar surface area (TPSA) is 34.1 Å². The third-order valence-corrected chi connectivity index (χ3v) is 3.47. The Hall–Kier alpha value is -1.09. The van der Waals surface area contributed by atoms with Gasteiger partial charge >= 0.3 is 0 Å². The first-order valence-electron chi connectivity index (χ1n) is 6.56. The van der Waals surface area contributed by atoms with Crippen molar-refractivity contribution in [1.29, 1.82) is 0 Å². The lowest BCUT2D eigenvalue weighted by Crippen LogP contribution is -2.28. The summed E-state index contributed by atoms with van der Waals surface area (Å²) in [4.78, 5) is 4.30. The van der Waals surface area contributed by atoms with E-state index in [-0.39, 0.29) is 0 Å². The van der Waals surface area contributed by atoms with Gasteiger partial charge in [-0.25, -0.2) is 0 Å². The maximum Gasteiger partial charge on any atom is 0.123 e. The smallest absolute Gasteiger partial charge is 0.123 e. The lowest BCUT2D eigenvalue weighted by Gasteiger charge is -2.29. The van der Waals surface area contributed by atoms with Crippen molar-refractivity contribution in [3.05, 3.63) is 24.0 Å². The van der Waals surface area contributed by atoms with Gasteiger partial charge in [-0.1, -0.05) is 13.3 Å². The molecule has 3 heteroatoms. The van der Waals surface area contributed by atoms with E-state index < -0.39 is 0 Å². The van der Waals surface area contributed by atoms with E-state index in [1.807, 2.05) is 25.4 Å². The van der Waals surface area contributed by atoms with Gasteiger partial charge in [0.05, 0.1) is 5.69 Å². The molecule has 2 rings (SSSR count). The molecule has 0 aromatic carbocycles. The second kappa shape index (κ2) is 6.01. The van der Waals surface area contributed by atoms with Crippen LogP contribution < -0.4 is 10.1 Å². The second-order valence-electron chi connectivity index (χ2n) is 4.93. The minimum Gasteiger partial charge on any atom is -0.490 e. The predicted octanol–water partition coefficient (Wildman–Crippen LogP) is 2.76. The monoisotopic (exact) mass is 234 g/mol. The van der Waals surface area contributed by atoms with E-state index in [0.29, 0.717) is 12.0 Å². The molecule has 17 heavy (non-hydrogen) atoms. The third-order valence-electron chi connectivity index (χ3n) is 3.47. The first-order chi connectivity index (χ1) is 8.29. The van der Waals surface area contributed by atoms with Crippen LogP contribution in [0.15, 0.2) is 18.3 Å². The van der Waals surface area contributed by atoms with Crippen LogP contribution in [0.1, 0.15) is 38.3 Å². The molecule has 1 saturated carbocycles. The third kappa shape index (κ3) is 3.43. The summed E-state index contributed by atoms with van der Waals surface area (Å²) in [7, 11) is 1.93. The Morgan fingerprint density at radius 3 is 3.00 bits per heavy atom. The molecule has 1 N–H and O–H groups in total. The zero-order valence-electron chi connectivity index (χ0n) is 10.8. The highest BCUT2D eigenvalue weighted by Crippen LogP contribution is 2.28. The van der Waals surface area contributed by atoms with Crippen LogP contribution >= 0.6 is 0 Å². The fourth-order valence-electron chi connectivity index (χ4n) is 2.44. The number of aromatic nitrogens is 1. The number of hydrogen-bond acceptors (Lipinski definition) is 3. The maximum atomic E-state index is 6.09. The van der Waals surface area contributed by atoms with E-state index in [0.717, 1.165) is 18.0 Å². The molecule has 0 radical (unpaired) electrons. The minimum absolute atomic E-state index is 0.383. The highest BCUT2D eigenvalue weighted by atomic mass is 16.5. The molecule has 2 unspecified atom stereocenters. The van der Waals surface area contributed by atoms with Crippen molar-refractivity contribution in [3.8, 4) is 5.75 Å². The summed E-state index contributed by atoms with van der Waals surface area (Å²) in [5, 5.41) is 3.11. The van der Waals surface area contributed by atoms with Gasteiger partial charge in [-0.15, -0.1) is 0 Å². The fourth-order valence-corrected chi connectivity index (χ4v) is 2.44. The number of pyridine rings is 1. The SMILES string of the molecule is CNCc1cc(OC2CCCCC2C)ccn1. The van der Waals surface area contributed by atoms with Crippen LogP contribution in [-0.2, 0) is 6.54 Å². The maximum absolute atomic E-state index is 6.09. The summed E-state index contributed by atoms with van der Waals surface area (Å²) in [5.41, 5.74) is 1.04. The molecule has 2 atom stereocenters. The summed E-state index contributed by atoms with van der Waals surface area (Å²) in [5.74, 6) is 1.63. The summed E-state index contributed by atoms with van der Waals surface area (Å²) in [6, 6.07) is 4.00. The fraction of sp³-hybridized carbons (Fsp3) is 0.643. The van der Waals surface area contributed by atoms with E-state index in [1.54, 1.807) is 0 Å². The number of nitrogens with zero attached hydrogens (tertiary/aromatic N) is 1. The van der Waals surface area contributed by atoms with Crippen LogP contribution in [0.4, 0.5) is 0 Å².